The van der Waals surface area contributed by atoms with Crippen LogP contribution in [0.3, 0.4) is 0 Å². The summed E-state index contributed by atoms with van der Waals surface area (Å²) >= 11 is 0. The molecule has 0 saturated heterocycles. The largest absolute Gasteiger partial charge is 0.392 e. The Bertz CT molecular complexity index is 908. The number of carbonyl (C=O) groups is 1. The molecule has 4 aliphatic carbocycles. The van der Waals surface area contributed by atoms with Gasteiger partial charge >= 0.3 is 0 Å². The van der Waals surface area contributed by atoms with Crippen molar-refractivity contribution in [1.82, 2.24) is 0 Å². The molecule has 2 fully saturated rings. The van der Waals surface area contributed by atoms with Gasteiger partial charge in [0.1, 0.15) is 5.78 Å². The maximum Gasteiger partial charge on any atom is 0.138 e. The zero-order valence-electron chi connectivity index (χ0n) is 22.0. The van der Waals surface area contributed by atoms with Gasteiger partial charge in [-0.2, -0.15) is 0 Å². The van der Waals surface area contributed by atoms with Gasteiger partial charge in [-0.1, -0.05) is 65.3 Å². The molecule has 0 bridgehead atoms. The van der Waals surface area contributed by atoms with Crippen LogP contribution in [-0.2, 0) is 4.79 Å². The van der Waals surface area contributed by atoms with Crippen molar-refractivity contribution < 1.29 is 15.0 Å². The lowest BCUT2D eigenvalue weighted by Crippen LogP contribution is -2.54. The van der Waals surface area contributed by atoms with Crippen LogP contribution in [0.25, 0.3) is 0 Å². The van der Waals surface area contributed by atoms with Crippen molar-refractivity contribution in [1.29, 1.82) is 0 Å². The van der Waals surface area contributed by atoms with E-state index in [1.807, 2.05) is 6.92 Å². The predicted octanol–water partition coefficient (Wildman–Crippen LogP) is 6.41. The van der Waals surface area contributed by atoms with Crippen LogP contribution >= 0.6 is 0 Å². The van der Waals surface area contributed by atoms with E-state index in [-0.39, 0.29) is 34.4 Å². The predicted molar refractivity (Wildman–Crippen MR) is 135 cm³/mol. The lowest BCUT2D eigenvalue weighted by atomic mass is 9.44. The third kappa shape index (κ3) is 3.39. The Labute approximate surface area is 201 Å². The number of hydrogen-bond acceptors (Lipinski definition) is 3. The molecule has 0 heterocycles. The van der Waals surface area contributed by atoms with Gasteiger partial charge in [-0.15, -0.1) is 0 Å². The maximum absolute atomic E-state index is 12.8. The second-order valence-electron chi connectivity index (χ2n) is 13.0. The van der Waals surface area contributed by atoms with Crippen LogP contribution in [0.2, 0.25) is 0 Å². The zero-order chi connectivity index (χ0) is 24.4. The van der Waals surface area contributed by atoms with Crippen LogP contribution in [-0.4, -0.2) is 28.7 Å². The number of carbonyl (C=O) groups excluding carboxylic acids is 1. The van der Waals surface area contributed by atoms with E-state index in [2.05, 4.69) is 59.8 Å². The van der Waals surface area contributed by atoms with E-state index in [4.69, 9.17) is 0 Å². The highest BCUT2D eigenvalue weighted by molar-refractivity contribution is 5.86. The minimum atomic E-state index is -0.335. The second kappa shape index (κ2) is 8.19. The van der Waals surface area contributed by atoms with Crippen LogP contribution in [0, 0.1) is 39.4 Å². The number of allylic oxidation sites excluding steroid dienone is 4. The molecule has 33 heavy (non-hydrogen) atoms. The quantitative estimate of drug-likeness (QED) is 0.472. The molecule has 0 spiro atoms. The molecule has 7 atom stereocenters. The molecular formula is C30H46O3. The van der Waals surface area contributed by atoms with Crippen molar-refractivity contribution in [2.24, 2.45) is 39.4 Å². The molecular weight excluding hydrogens is 408 g/mol. The van der Waals surface area contributed by atoms with E-state index >= 15 is 0 Å². The van der Waals surface area contributed by atoms with E-state index in [0.717, 1.165) is 44.1 Å². The Balaban J connectivity index is 1.68. The van der Waals surface area contributed by atoms with E-state index in [1.54, 1.807) is 0 Å². The number of fused-ring (bicyclic) bond motifs is 5. The first-order valence-electron chi connectivity index (χ1n) is 13.2. The lowest BCUT2D eigenvalue weighted by molar-refractivity contribution is -0.138. The van der Waals surface area contributed by atoms with Gasteiger partial charge in [0.2, 0.25) is 0 Å². The zero-order valence-corrected chi connectivity index (χ0v) is 22.0. The summed E-state index contributed by atoms with van der Waals surface area (Å²) in [6.45, 7) is 15.9. The molecule has 0 radical (unpaired) electrons. The Hall–Kier alpha value is -1.19. The summed E-state index contributed by atoms with van der Waals surface area (Å²) in [7, 11) is 0. The van der Waals surface area contributed by atoms with E-state index in [0.29, 0.717) is 30.0 Å². The molecule has 2 N–H and O–H groups in total. The van der Waals surface area contributed by atoms with Crippen LogP contribution < -0.4 is 0 Å². The lowest BCUT2D eigenvalue weighted by Gasteiger charge is -2.60. The van der Waals surface area contributed by atoms with Crippen LogP contribution in [0.1, 0.15) is 93.4 Å². The van der Waals surface area contributed by atoms with Crippen molar-refractivity contribution in [2.45, 2.75) is 99.5 Å². The summed E-state index contributed by atoms with van der Waals surface area (Å²) in [5.41, 5.74) is 3.38. The molecule has 3 nitrogen and oxygen atoms in total. The first-order chi connectivity index (χ1) is 15.3. The van der Waals surface area contributed by atoms with Crippen molar-refractivity contribution in [2.75, 3.05) is 6.61 Å². The van der Waals surface area contributed by atoms with Crippen LogP contribution in [0.15, 0.2) is 34.9 Å². The Morgan fingerprint density at radius 3 is 2.55 bits per heavy atom. The van der Waals surface area contributed by atoms with Crippen molar-refractivity contribution >= 4 is 5.78 Å². The highest BCUT2D eigenvalue weighted by Gasteiger charge is 2.66. The molecule has 0 aliphatic heterocycles. The van der Waals surface area contributed by atoms with Gasteiger partial charge in [-0.05, 0) is 85.2 Å². The summed E-state index contributed by atoms with van der Waals surface area (Å²) < 4.78 is 0. The van der Waals surface area contributed by atoms with Gasteiger partial charge in [0.25, 0.3) is 0 Å². The third-order valence-electron chi connectivity index (χ3n) is 11.2. The summed E-state index contributed by atoms with van der Waals surface area (Å²) in [5, 5.41) is 20.9. The topological polar surface area (TPSA) is 57.5 Å². The minimum Gasteiger partial charge on any atom is -0.392 e. The van der Waals surface area contributed by atoms with Crippen molar-refractivity contribution in [3.8, 4) is 0 Å². The van der Waals surface area contributed by atoms with E-state index < -0.39 is 0 Å². The molecule has 4 aliphatic rings. The molecule has 0 aromatic carbocycles. The van der Waals surface area contributed by atoms with E-state index in [1.165, 1.54) is 11.1 Å². The summed E-state index contributed by atoms with van der Waals surface area (Å²) in [6.07, 6.45) is 13.2. The average Bonchev–Trinajstić information content (AvgIpc) is 2.98. The fraction of sp³-hybridized carbons (Fsp3) is 0.767. The Morgan fingerprint density at radius 1 is 1.18 bits per heavy atom. The van der Waals surface area contributed by atoms with Gasteiger partial charge < -0.3 is 10.2 Å². The number of hydrogen-bond donors (Lipinski definition) is 2. The highest BCUT2D eigenvalue weighted by Crippen LogP contribution is 2.71. The average molecular weight is 455 g/mol. The SMILES string of the molecule is C/C(=C\CC[C@@H](C)[C@H]1C[C@H](O)[C@@]2(C)C3=CC[C@H]4C(C)(C)C(=O)CC[C@]4(C)C3=CC[C@]12C)CO. The molecule has 184 valence electrons. The van der Waals surface area contributed by atoms with Crippen LogP contribution in [0.5, 0.6) is 0 Å². The molecule has 2 saturated carbocycles. The van der Waals surface area contributed by atoms with Gasteiger partial charge in [-0.25, -0.2) is 0 Å². The number of aliphatic hydroxyl groups excluding tert-OH is 2. The molecule has 0 aromatic heterocycles. The van der Waals surface area contributed by atoms with Gasteiger partial charge in [0.15, 0.2) is 0 Å². The van der Waals surface area contributed by atoms with Crippen molar-refractivity contribution in [3.05, 3.63) is 34.9 Å². The molecule has 3 heteroatoms. The smallest absolute Gasteiger partial charge is 0.138 e. The first-order valence-corrected chi connectivity index (χ1v) is 13.2. The monoisotopic (exact) mass is 454 g/mol. The molecule has 0 aromatic rings. The third-order valence-corrected chi connectivity index (χ3v) is 11.2. The molecule has 0 unspecified atom stereocenters. The standard InChI is InChI=1S/C30H46O3/c1-19(18-31)9-8-10-20(2)23-17-26(33)30(7)22-11-12-24-27(3,4)25(32)14-15-28(24,5)21(22)13-16-29(23,30)6/h9,11,13,20,23-24,26,31,33H,8,10,12,14-18H2,1-7H3/b19-9+/t20-,23-,24+,26+,28-,29-,30-/m1/s1. The number of rotatable bonds is 5. The molecule has 4 rings (SSSR count). The number of Topliss-reactive ketones (excluding diaryl/α,β-unsaturated/α-hetero) is 1. The maximum atomic E-state index is 12.8. The Kier molecular flexibility index (Phi) is 6.19. The number of aliphatic hydroxyl groups is 2. The van der Waals surface area contributed by atoms with E-state index in [9.17, 15) is 15.0 Å². The summed E-state index contributed by atoms with van der Waals surface area (Å²) in [4.78, 5) is 12.8. The molecule has 0 amide bonds. The van der Waals surface area contributed by atoms with Gasteiger partial charge in [0.05, 0.1) is 12.7 Å². The van der Waals surface area contributed by atoms with Crippen LogP contribution in [0.4, 0.5) is 0 Å². The van der Waals surface area contributed by atoms with Gasteiger partial charge in [-0.3, -0.25) is 4.79 Å². The highest BCUT2D eigenvalue weighted by atomic mass is 16.3. The van der Waals surface area contributed by atoms with Gasteiger partial charge in [0, 0.05) is 17.3 Å². The minimum absolute atomic E-state index is 0.0157. The normalized spacial score (nSPS) is 43.2. The first kappa shape index (κ1) is 24.9. The second-order valence-corrected chi connectivity index (χ2v) is 13.0. The fourth-order valence-corrected chi connectivity index (χ4v) is 8.61. The fourth-order valence-electron chi connectivity index (χ4n) is 8.61. The number of ketones is 1. The van der Waals surface area contributed by atoms with Crippen molar-refractivity contribution in [3.63, 3.8) is 0 Å². The summed E-state index contributed by atoms with van der Waals surface area (Å²) in [6, 6.07) is 0. The summed E-state index contributed by atoms with van der Waals surface area (Å²) in [5.74, 6) is 1.73. The Morgan fingerprint density at radius 2 is 1.88 bits per heavy atom.